The Hall–Kier alpha value is -3.41. The van der Waals surface area contributed by atoms with Crippen molar-refractivity contribution in [2.24, 2.45) is 5.10 Å². The Balaban J connectivity index is 1.83. The molecular formula is C21H21N3O3. The van der Waals surface area contributed by atoms with Crippen molar-refractivity contribution >= 4 is 23.0 Å². The Labute approximate surface area is 157 Å². The molecule has 0 aliphatic carbocycles. The first kappa shape index (κ1) is 18.4. The number of aryl methyl sites for hydroxylation is 2. The number of benzene rings is 2. The number of carbonyl (C=O) groups is 1. The molecule has 1 amide bonds. The van der Waals surface area contributed by atoms with Gasteiger partial charge in [-0.15, -0.1) is 0 Å². The number of hydrazone groups is 1. The van der Waals surface area contributed by atoms with E-state index in [4.69, 9.17) is 9.47 Å². The first-order chi connectivity index (χ1) is 13.0. The van der Waals surface area contributed by atoms with Gasteiger partial charge in [-0.3, -0.25) is 9.78 Å². The summed E-state index contributed by atoms with van der Waals surface area (Å²) < 4.78 is 10.5. The Bertz CT molecular complexity index is 1030. The number of nitrogens with zero attached hydrogens (tertiary/aromatic N) is 2. The molecule has 0 aliphatic heterocycles. The van der Waals surface area contributed by atoms with Gasteiger partial charge in [0, 0.05) is 10.9 Å². The van der Waals surface area contributed by atoms with Crippen LogP contribution in [0.5, 0.6) is 11.5 Å². The second-order valence-electron chi connectivity index (χ2n) is 6.07. The average molecular weight is 363 g/mol. The van der Waals surface area contributed by atoms with Crippen molar-refractivity contribution in [3.05, 3.63) is 64.8 Å². The van der Waals surface area contributed by atoms with Crippen LogP contribution in [-0.4, -0.2) is 31.3 Å². The minimum Gasteiger partial charge on any atom is -0.497 e. The zero-order valence-electron chi connectivity index (χ0n) is 15.7. The third-order valence-electron chi connectivity index (χ3n) is 4.29. The standard InChI is InChI=1S/C21H21N3O3/c1-13-6-5-7-15-11-18(14(2)23-20(13)15)21(25)24-22-12-16-10-17(26-3)8-9-19(16)27-4/h5-12H,1-4H3,(H,24,25)/b22-12+. The molecular weight excluding hydrogens is 342 g/mol. The van der Waals surface area contributed by atoms with Gasteiger partial charge in [-0.1, -0.05) is 18.2 Å². The summed E-state index contributed by atoms with van der Waals surface area (Å²) in [6.07, 6.45) is 1.52. The Morgan fingerprint density at radius 2 is 1.93 bits per heavy atom. The quantitative estimate of drug-likeness (QED) is 0.555. The van der Waals surface area contributed by atoms with E-state index < -0.39 is 0 Å². The van der Waals surface area contributed by atoms with Gasteiger partial charge in [-0.05, 0) is 43.7 Å². The minimum atomic E-state index is -0.318. The zero-order valence-corrected chi connectivity index (χ0v) is 15.7. The summed E-state index contributed by atoms with van der Waals surface area (Å²) in [7, 11) is 3.16. The van der Waals surface area contributed by atoms with Crippen LogP contribution in [-0.2, 0) is 0 Å². The van der Waals surface area contributed by atoms with Crippen LogP contribution in [0, 0.1) is 13.8 Å². The van der Waals surface area contributed by atoms with Gasteiger partial charge >= 0.3 is 0 Å². The third-order valence-corrected chi connectivity index (χ3v) is 4.29. The molecule has 0 unspecified atom stereocenters. The smallest absolute Gasteiger partial charge is 0.273 e. The van der Waals surface area contributed by atoms with Gasteiger partial charge in [0.2, 0.25) is 0 Å². The summed E-state index contributed by atoms with van der Waals surface area (Å²) in [5.41, 5.74) is 6.36. The van der Waals surface area contributed by atoms with E-state index >= 15 is 0 Å². The second kappa shape index (κ2) is 7.86. The zero-order chi connectivity index (χ0) is 19.4. The van der Waals surface area contributed by atoms with Gasteiger partial charge in [-0.2, -0.15) is 5.10 Å². The first-order valence-corrected chi connectivity index (χ1v) is 8.46. The molecule has 6 heteroatoms. The number of nitrogens with one attached hydrogen (secondary N) is 1. The third kappa shape index (κ3) is 3.89. The molecule has 0 saturated carbocycles. The van der Waals surface area contributed by atoms with E-state index in [1.54, 1.807) is 32.4 Å². The van der Waals surface area contributed by atoms with Crippen molar-refractivity contribution in [1.29, 1.82) is 0 Å². The predicted octanol–water partition coefficient (Wildman–Crippen LogP) is 3.63. The summed E-state index contributed by atoms with van der Waals surface area (Å²) in [5, 5.41) is 4.97. The molecule has 3 rings (SSSR count). The number of methoxy groups -OCH3 is 2. The average Bonchev–Trinajstić information content (AvgIpc) is 2.68. The fourth-order valence-electron chi connectivity index (χ4n) is 2.83. The summed E-state index contributed by atoms with van der Waals surface area (Å²) >= 11 is 0. The monoisotopic (exact) mass is 363 g/mol. The van der Waals surface area contributed by atoms with Crippen molar-refractivity contribution in [3.63, 3.8) is 0 Å². The lowest BCUT2D eigenvalue weighted by molar-refractivity contribution is 0.0954. The first-order valence-electron chi connectivity index (χ1n) is 8.46. The lowest BCUT2D eigenvalue weighted by atomic mass is 10.1. The number of amides is 1. The van der Waals surface area contributed by atoms with E-state index in [0.717, 1.165) is 16.5 Å². The van der Waals surface area contributed by atoms with Crippen molar-refractivity contribution < 1.29 is 14.3 Å². The molecule has 1 heterocycles. The van der Waals surface area contributed by atoms with Gasteiger partial charge in [0.1, 0.15) is 11.5 Å². The Morgan fingerprint density at radius 1 is 1.11 bits per heavy atom. The van der Waals surface area contributed by atoms with E-state index in [0.29, 0.717) is 28.3 Å². The van der Waals surface area contributed by atoms with Crippen molar-refractivity contribution in [2.75, 3.05) is 14.2 Å². The molecule has 0 fully saturated rings. The largest absolute Gasteiger partial charge is 0.497 e. The molecule has 6 nitrogen and oxygen atoms in total. The summed E-state index contributed by atoms with van der Waals surface area (Å²) in [4.78, 5) is 17.1. The van der Waals surface area contributed by atoms with Crippen LogP contribution in [0.15, 0.2) is 47.6 Å². The lowest BCUT2D eigenvalue weighted by Gasteiger charge is -2.08. The van der Waals surface area contributed by atoms with Crippen molar-refractivity contribution in [1.82, 2.24) is 10.4 Å². The number of pyridine rings is 1. The molecule has 0 aliphatic rings. The maximum atomic E-state index is 12.5. The van der Waals surface area contributed by atoms with Crippen LogP contribution in [0.25, 0.3) is 10.9 Å². The van der Waals surface area contributed by atoms with E-state index in [1.165, 1.54) is 6.21 Å². The predicted molar refractivity (Wildman–Crippen MR) is 106 cm³/mol. The number of para-hydroxylation sites is 1. The van der Waals surface area contributed by atoms with Crippen LogP contribution in [0.3, 0.4) is 0 Å². The summed E-state index contributed by atoms with van der Waals surface area (Å²) in [5.74, 6) is 0.989. The second-order valence-corrected chi connectivity index (χ2v) is 6.07. The summed E-state index contributed by atoms with van der Waals surface area (Å²) in [6.45, 7) is 3.82. The van der Waals surface area contributed by atoms with Crippen LogP contribution in [0.1, 0.15) is 27.2 Å². The van der Waals surface area contributed by atoms with Crippen LogP contribution in [0.4, 0.5) is 0 Å². The highest BCUT2D eigenvalue weighted by atomic mass is 16.5. The van der Waals surface area contributed by atoms with Gasteiger partial charge in [0.25, 0.3) is 5.91 Å². The molecule has 0 atom stereocenters. The van der Waals surface area contributed by atoms with Crippen LogP contribution >= 0.6 is 0 Å². The maximum absolute atomic E-state index is 12.5. The van der Waals surface area contributed by atoms with E-state index in [1.807, 2.05) is 38.1 Å². The Morgan fingerprint density at radius 3 is 2.67 bits per heavy atom. The molecule has 0 saturated heterocycles. The van der Waals surface area contributed by atoms with E-state index in [9.17, 15) is 4.79 Å². The molecule has 1 aromatic heterocycles. The molecule has 0 spiro atoms. The highest BCUT2D eigenvalue weighted by Gasteiger charge is 2.12. The summed E-state index contributed by atoms with van der Waals surface area (Å²) in [6, 6.07) is 13.1. The number of hydrogen-bond acceptors (Lipinski definition) is 5. The number of rotatable bonds is 5. The number of carbonyl (C=O) groups excluding carboxylic acids is 1. The normalized spacial score (nSPS) is 11.0. The van der Waals surface area contributed by atoms with Crippen LogP contribution in [0.2, 0.25) is 0 Å². The van der Waals surface area contributed by atoms with Gasteiger partial charge < -0.3 is 9.47 Å². The minimum absolute atomic E-state index is 0.318. The molecule has 0 bridgehead atoms. The van der Waals surface area contributed by atoms with Crippen molar-refractivity contribution in [3.8, 4) is 11.5 Å². The molecule has 2 aromatic carbocycles. The lowest BCUT2D eigenvalue weighted by Crippen LogP contribution is -2.19. The van der Waals surface area contributed by atoms with Gasteiger partial charge in [0.05, 0.1) is 37.2 Å². The number of hydrogen-bond donors (Lipinski definition) is 1. The molecule has 0 radical (unpaired) electrons. The number of aromatic nitrogens is 1. The molecule has 3 aromatic rings. The molecule has 1 N–H and O–H groups in total. The molecule has 138 valence electrons. The van der Waals surface area contributed by atoms with Gasteiger partial charge in [0.15, 0.2) is 0 Å². The number of fused-ring (bicyclic) bond motifs is 1. The van der Waals surface area contributed by atoms with Crippen LogP contribution < -0.4 is 14.9 Å². The maximum Gasteiger partial charge on any atom is 0.273 e. The van der Waals surface area contributed by atoms with Crippen molar-refractivity contribution in [2.45, 2.75) is 13.8 Å². The van der Waals surface area contributed by atoms with Gasteiger partial charge in [-0.25, -0.2) is 5.43 Å². The van der Waals surface area contributed by atoms with E-state index in [2.05, 4.69) is 15.5 Å². The molecule has 27 heavy (non-hydrogen) atoms. The fourth-order valence-corrected chi connectivity index (χ4v) is 2.83. The fraction of sp³-hybridized carbons (Fsp3) is 0.190. The Kier molecular flexibility index (Phi) is 5.35. The number of ether oxygens (including phenoxy) is 2. The highest BCUT2D eigenvalue weighted by Crippen LogP contribution is 2.22. The van der Waals surface area contributed by atoms with E-state index in [-0.39, 0.29) is 5.91 Å². The topological polar surface area (TPSA) is 72.8 Å². The highest BCUT2D eigenvalue weighted by molar-refractivity contribution is 5.99. The SMILES string of the molecule is COc1ccc(OC)c(/C=N/NC(=O)c2cc3cccc(C)c3nc2C)c1.